The summed E-state index contributed by atoms with van der Waals surface area (Å²) in [5.74, 6) is -0.652. The van der Waals surface area contributed by atoms with E-state index < -0.39 is 11.7 Å². The van der Waals surface area contributed by atoms with E-state index in [1.165, 1.54) is 0 Å². The van der Waals surface area contributed by atoms with Crippen molar-refractivity contribution >= 4 is 55.8 Å². The lowest BCUT2D eigenvalue weighted by Crippen LogP contribution is -2.44. The van der Waals surface area contributed by atoms with Crippen LogP contribution in [0.3, 0.4) is 0 Å². The van der Waals surface area contributed by atoms with Crippen molar-refractivity contribution in [2.24, 2.45) is 5.92 Å². The van der Waals surface area contributed by atoms with Crippen LogP contribution in [0.25, 0.3) is 11.0 Å². The molecule has 1 aliphatic carbocycles. The van der Waals surface area contributed by atoms with Crippen molar-refractivity contribution < 1.29 is 14.0 Å². The van der Waals surface area contributed by atoms with Gasteiger partial charge < -0.3 is 19.7 Å². The number of hydroxylamine groups is 1. The third-order valence-electron chi connectivity index (χ3n) is 7.44. The van der Waals surface area contributed by atoms with Crippen molar-refractivity contribution in [2.45, 2.75) is 38.6 Å². The molecule has 0 unspecified atom stereocenters. The second-order valence-electron chi connectivity index (χ2n) is 10.6. The van der Waals surface area contributed by atoms with Crippen molar-refractivity contribution in [1.82, 2.24) is 24.8 Å². The van der Waals surface area contributed by atoms with Crippen LogP contribution in [0.2, 0.25) is 5.02 Å². The largest absolute Gasteiger partial charge is 0.351 e. The minimum absolute atomic E-state index is 0.0108. The number of hydrogen-bond acceptors (Lipinski definition) is 6. The highest BCUT2D eigenvalue weighted by Crippen LogP contribution is 2.35. The molecular weight excluding hydrogens is 587 g/mol. The fourth-order valence-electron chi connectivity index (χ4n) is 4.79. The summed E-state index contributed by atoms with van der Waals surface area (Å²) in [6.07, 6.45) is 6.98. The summed E-state index contributed by atoms with van der Waals surface area (Å²) >= 11 is 9.77. The maximum Gasteiger partial charge on any atom is 0.277 e. The van der Waals surface area contributed by atoms with Crippen LogP contribution in [0.4, 0.5) is 15.8 Å². The standard InChI is InChI=1S/C28H35BrClFN6O2/c1-35-11-13-36(14-12-35)9-3-2-4-10-37-18-32-27-24(37)16-21(28(38)34-39-17-19-5-6-19)26(25(27)31)33-23-8-7-20(29)15-22(23)30/h7-8,15-16,18-19,33H,2-6,9-14,17H2,1H3,(H,34,38). The molecular formula is C28H35BrClFN6O2. The fourth-order valence-corrected chi connectivity index (χ4v) is 5.51. The maximum atomic E-state index is 15.9. The Hall–Kier alpha value is -2.24. The minimum atomic E-state index is -0.604. The van der Waals surface area contributed by atoms with Gasteiger partial charge >= 0.3 is 0 Å². The second-order valence-corrected chi connectivity index (χ2v) is 11.9. The predicted octanol–water partition coefficient (Wildman–Crippen LogP) is 5.82. The molecule has 0 bridgehead atoms. The minimum Gasteiger partial charge on any atom is -0.351 e. The van der Waals surface area contributed by atoms with Crippen LogP contribution in [0, 0.1) is 11.7 Å². The Morgan fingerprint density at radius 1 is 1.15 bits per heavy atom. The van der Waals surface area contributed by atoms with Gasteiger partial charge in [0.05, 0.1) is 40.4 Å². The molecule has 1 aliphatic heterocycles. The van der Waals surface area contributed by atoms with E-state index in [1.54, 1.807) is 30.6 Å². The van der Waals surface area contributed by atoms with Gasteiger partial charge in [-0.1, -0.05) is 34.0 Å². The van der Waals surface area contributed by atoms with Crippen LogP contribution in [-0.4, -0.2) is 71.6 Å². The normalized spacial score (nSPS) is 16.6. The molecule has 2 N–H and O–H groups in total. The molecule has 1 aromatic heterocycles. The Morgan fingerprint density at radius 3 is 2.67 bits per heavy atom. The number of fused-ring (bicyclic) bond motifs is 1. The monoisotopic (exact) mass is 620 g/mol. The van der Waals surface area contributed by atoms with Gasteiger partial charge in [0.25, 0.3) is 5.91 Å². The molecule has 1 amide bonds. The Balaban J connectivity index is 1.31. The average Bonchev–Trinajstić information content (AvgIpc) is 3.65. The number of carbonyl (C=O) groups is 1. The zero-order valence-electron chi connectivity index (χ0n) is 22.2. The molecule has 11 heteroatoms. The van der Waals surface area contributed by atoms with Gasteiger partial charge in [0.2, 0.25) is 0 Å². The number of rotatable bonds is 12. The molecule has 2 heterocycles. The third-order valence-corrected chi connectivity index (χ3v) is 8.25. The van der Waals surface area contributed by atoms with Crippen LogP contribution < -0.4 is 10.8 Å². The molecule has 0 radical (unpaired) electrons. The zero-order chi connectivity index (χ0) is 27.4. The summed E-state index contributed by atoms with van der Waals surface area (Å²) < 4.78 is 18.6. The first-order valence-corrected chi connectivity index (χ1v) is 14.8. The van der Waals surface area contributed by atoms with Gasteiger partial charge in [0, 0.05) is 37.2 Å². The smallest absolute Gasteiger partial charge is 0.277 e. The molecule has 5 rings (SSSR count). The quantitative estimate of drug-likeness (QED) is 0.196. The molecule has 8 nitrogen and oxygen atoms in total. The predicted molar refractivity (Wildman–Crippen MR) is 156 cm³/mol. The van der Waals surface area contributed by atoms with Gasteiger partial charge in [0.1, 0.15) is 5.52 Å². The average molecular weight is 622 g/mol. The molecule has 3 aromatic rings. The van der Waals surface area contributed by atoms with E-state index in [4.69, 9.17) is 16.4 Å². The van der Waals surface area contributed by atoms with E-state index in [-0.39, 0.29) is 16.8 Å². The number of nitrogens with zero attached hydrogens (tertiary/aromatic N) is 4. The van der Waals surface area contributed by atoms with Gasteiger partial charge in [-0.3, -0.25) is 9.63 Å². The number of unbranched alkanes of at least 4 members (excludes halogenated alkanes) is 2. The molecule has 2 fully saturated rings. The molecule has 39 heavy (non-hydrogen) atoms. The zero-order valence-corrected chi connectivity index (χ0v) is 24.5. The highest BCUT2D eigenvalue weighted by molar-refractivity contribution is 9.10. The van der Waals surface area contributed by atoms with Crippen molar-refractivity contribution in [1.29, 1.82) is 0 Å². The summed E-state index contributed by atoms with van der Waals surface area (Å²) in [4.78, 5) is 27.8. The van der Waals surface area contributed by atoms with E-state index >= 15 is 4.39 Å². The number of halogens is 3. The first-order valence-electron chi connectivity index (χ1n) is 13.6. The van der Waals surface area contributed by atoms with Crippen molar-refractivity contribution in [3.05, 3.63) is 51.5 Å². The van der Waals surface area contributed by atoms with Crippen LogP contribution >= 0.6 is 27.5 Å². The molecule has 0 spiro atoms. The van der Waals surface area contributed by atoms with Gasteiger partial charge in [-0.15, -0.1) is 0 Å². The number of imidazole rings is 1. The Bertz CT molecular complexity index is 1310. The van der Waals surface area contributed by atoms with Gasteiger partial charge in [-0.25, -0.2) is 14.9 Å². The van der Waals surface area contributed by atoms with Crippen molar-refractivity contribution in [3.63, 3.8) is 0 Å². The Morgan fingerprint density at radius 2 is 1.92 bits per heavy atom. The van der Waals surface area contributed by atoms with Crippen molar-refractivity contribution in [2.75, 3.05) is 51.7 Å². The number of benzene rings is 2. The first-order chi connectivity index (χ1) is 18.9. The molecule has 2 aliphatic rings. The van der Waals surface area contributed by atoms with E-state index in [9.17, 15) is 4.79 Å². The van der Waals surface area contributed by atoms with Gasteiger partial charge in [-0.05, 0) is 69.5 Å². The number of amides is 1. The lowest BCUT2D eigenvalue weighted by Gasteiger charge is -2.32. The molecule has 2 aromatic carbocycles. The third kappa shape index (κ3) is 7.29. The van der Waals surface area contributed by atoms with Gasteiger partial charge in [0.15, 0.2) is 5.82 Å². The second kappa shape index (κ2) is 13.0. The SMILES string of the molecule is CN1CCN(CCCCCn2cnc3c(F)c(Nc4ccc(Br)cc4Cl)c(C(=O)NOCC4CC4)cc32)CC1. The topological polar surface area (TPSA) is 74.7 Å². The van der Waals surface area contributed by atoms with Crippen LogP contribution in [0.5, 0.6) is 0 Å². The number of anilines is 2. The maximum absolute atomic E-state index is 15.9. The van der Waals surface area contributed by atoms with E-state index in [0.717, 1.165) is 69.3 Å². The molecule has 1 saturated carbocycles. The van der Waals surface area contributed by atoms with Crippen molar-refractivity contribution in [3.8, 4) is 0 Å². The number of nitrogens with one attached hydrogen (secondary N) is 2. The van der Waals surface area contributed by atoms with Crippen LogP contribution in [0.15, 0.2) is 35.1 Å². The number of likely N-dealkylation sites (N-methyl/N-ethyl adjacent to an activating group) is 1. The highest BCUT2D eigenvalue weighted by atomic mass is 79.9. The molecule has 1 saturated heterocycles. The lowest BCUT2D eigenvalue weighted by atomic mass is 10.1. The summed E-state index contributed by atoms with van der Waals surface area (Å²) in [7, 11) is 2.17. The number of piperazine rings is 1. The van der Waals surface area contributed by atoms with Crippen LogP contribution in [0.1, 0.15) is 42.5 Å². The molecule has 210 valence electrons. The van der Waals surface area contributed by atoms with E-state index in [0.29, 0.717) is 35.3 Å². The number of carbonyl (C=O) groups excluding carboxylic acids is 1. The fraction of sp³-hybridized carbons (Fsp3) is 0.500. The lowest BCUT2D eigenvalue weighted by molar-refractivity contribution is 0.0271. The summed E-state index contributed by atoms with van der Waals surface area (Å²) in [6, 6.07) is 6.90. The summed E-state index contributed by atoms with van der Waals surface area (Å²) in [5, 5.41) is 3.41. The van der Waals surface area contributed by atoms with Gasteiger partial charge in [-0.2, -0.15) is 0 Å². The Kier molecular flexibility index (Phi) is 9.40. The number of aromatic nitrogens is 2. The first kappa shape index (κ1) is 28.3. The summed E-state index contributed by atoms with van der Waals surface area (Å²) in [5.41, 5.74) is 3.90. The van der Waals surface area contributed by atoms with E-state index in [2.05, 4.69) is 48.6 Å². The number of aryl methyl sites for hydroxylation is 1. The highest BCUT2D eigenvalue weighted by Gasteiger charge is 2.25. The van der Waals surface area contributed by atoms with E-state index in [1.807, 2.05) is 4.57 Å². The number of hydrogen-bond donors (Lipinski definition) is 2. The van der Waals surface area contributed by atoms with Crippen LogP contribution in [-0.2, 0) is 11.4 Å². The summed E-state index contributed by atoms with van der Waals surface area (Å²) in [6.45, 7) is 6.75. The molecule has 0 atom stereocenters. The Labute approximate surface area is 241 Å².